The van der Waals surface area contributed by atoms with Gasteiger partial charge in [0.2, 0.25) is 0 Å². The zero-order valence-electron chi connectivity index (χ0n) is 40.4. The lowest BCUT2D eigenvalue weighted by molar-refractivity contribution is 0.568. The fourth-order valence-corrected chi connectivity index (χ4v) is 9.46. The van der Waals surface area contributed by atoms with Gasteiger partial charge in [0, 0.05) is 53.3 Å². The summed E-state index contributed by atoms with van der Waals surface area (Å²) in [4.78, 5) is 19.2. The second-order valence-electron chi connectivity index (χ2n) is 22.1. The van der Waals surface area contributed by atoms with Gasteiger partial charge in [0.25, 0.3) is 0 Å². The summed E-state index contributed by atoms with van der Waals surface area (Å²) >= 11 is 7.38. The minimum absolute atomic E-state index is 0.0720. The van der Waals surface area contributed by atoms with E-state index in [2.05, 4.69) is 258 Å². The third-order valence-electron chi connectivity index (χ3n) is 12.9. The topological polar surface area (TPSA) is 57.4 Å². The van der Waals surface area contributed by atoms with E-state index in [-0.39, 0.29) is 21.7 Å². The Bertz CT molecular complexity index is 3210. The van der Waals surface area contributed by atoms with Crippen molar-refractivity contribution in [2.45, 2.75) is 105 Å². The molecular weight excluding hydrogens is 936 g/mol. The van der Waals surface area contributed by atoms with Gasteiger partial charge in [-0.1, -0.05) is 176 Å². The molecule has 334 valence electrons. The number of fused-ring (bicyclic) bond motifs is 8. The predicted octanol–water partition coefficient (Wildman–Crippen LogP) is 18.0. The van der Waals surface area contributed by atoms with Gasteiger partial charge in [0.1, 0.15) is 0 Å². The summed E-state index contributed by atoms with van der Waals surface area (Å²) in [6.45, 7) is 27.7. The first kappa shape index (κ1) is 45.6. The van der Waals surface area contributed by atoms with Gasteiger partial charge in [-0.05, 0) is 139 Å². The zero-order valence-corrected chi connectivity index (χ0v) is 43.5. The standard InChI is InChI=1S/C60H60Br2N4/c1-57(2,3)39-29-37(30-40(33-39)58(4,5)6)55-49-25-23-47(64-49)53(35-13-17-43(61)18-14-35)45-21-22-46(63-45)54(36-15-19-44(62)20-16-36)48-24-26-50(65-48)56(52-28-27-51(55)66-52)38-31-41(59(7,8)9)34-42(32-38)60(10,11)12/h13-34,64,66H,1-12H3. The number of aromatic nitrogens is 4. The molecule has 2 N–H and O–H groups in total. The van der Waals surface area contributed by atoms with Crippen molar-refractivity contribution in [1.29, 1.82) is 0 Å². The van der Waals surface area contributed by atoms with Crippen LogP contribution in [-0.4, -0.2) is 19.9 Å². The highest BCUT2D eigenvalue weighted by atomic mass is 79.9. The highest BCUT2D eigenvalue weighted by molar-refractivity contribution is 9.10. The molecule has 0 saturated carbocycles. The Labute approximate surface area is 408 Å². The Morgan fingerprint density at radius 1 is 0.318 bits per heavy atom. The van der Waals surface area contributed by atoms with Crippen LogP contribution in [0.3, 0.4) is 0 Å². The molecule has 0 radical (unpaired) electrons. The van der Waals surface area contributed by atoms with Crippen LogP contribution in [0.2, 0.25) is 0 Å². The van der Waals surface area contributed by atoms with Gasteiger partial charge in [-0.25, -0.2) is 9.97 Å². The molecule has 0 spiro atoms. The zero-order chi connectivity index (χ0) is 47.1. The van der Waals surface area contributed by atoms with Crippen LogP contribution in [0.5, 0.6) is 0 Å². The van der Waals surface area contributed by atoms with Crippen LogP contribution in [0.15, 0.2) is 118 Å². The van der Waals surface area contributed by atoms with E-state index in [1.807, 2.05) is 0 Å². The van der Waals surface area contributed by atoms with E-state index in [0.29, 0.717) is 0 Å². The van der Waals surface area contributed by atoms with Crippen molar-refractivity contribution in [3.05, 3.63) is 163 Å². The Morgan fingerprint density at radius 2 is 0.591 bits per heavy atom. The number of nitrogens with zero attached hydrogens (tertiary/aromatic N) is 2. The molecule has 2 aliphatic heterocycles. The molecule has 66 heavy (non-hydrogen) atoms. The summed E-state index contributed by atoms with van der Waals surface area (Å²) in [5, 5.41) is 0. The molecule has 0 saturated heterocycles. The first-order valence-corrected chi connectivity index (χ1v) is 24.6. The van der Waals surface area contributed by atoms with Gasteiger partial charge in [0.15, 0.2) is 0 Å². The molecule has 0 atom stereocenters. The molecule has 6 heteroatoms. The third kappa shape index (κ3) is 8.99. The van der Waals surface area contributed by atoms with Gasteiger partial charge in [-0.3, -0.25) is 0 Å². The number of benzene rings is 4. The van der Waals surface area contributed by atoms with Crippen LogP contribution < -0.4 is 0 Å². The molecule has 7 aromatic rings. The second-order valence-corrected chi connectivity index (χ2v) is 23.9. The van der Waals surface area contributed by atoms with Crippen LogP contribution in [0.25, 0.3) is 90.9 Å². The average molecular weight is 997 g/mol. The summed E-state index contributed by atoms with van der Waals surface area (Å²) in [5.74, 6) is 0. The van der Waals surface area contributed by atoms with Gasteiger partial charge in [0.05, 0.1) is 22.8 Å². The fourth-order valence-electron chi connectivity index (χ4n) is 8.93. The summed E-state index contributed by atoms with van der Waals surface area (Å²) in [6.07, 6.45) is 8.66. The molecule has 0 fully saturated rings. The molecule has 0 aliphatic carbocycles. The largest absolute Gasteiger partial charge is 0.354 e. The number of nitrogens with one attached hydrogen (secondary N) is 2. The lowest BCUT2D eigenvalue weighted by atomic mass is 9.79. The lowest BCUT2D eigenvalue weighted by Gasteiger charge is -2.26. The predicted molar refractivity (Wildman–Crippen MR) is 291 cm³/mol. The molecule has 0 amide bonds. The van der Waals surface area contributed by atoms with Crippen molar-refractivity contribution in [3.63, 3.8) is 0 Å². The number of rotatable bonds is 4. The number of aromatic amines is 2. The van der Waals surface area contributed by atoms with E-state index in [9.17, 15) is 0 Å². The SMILES string of the molecule is CC(C)(C)c1cc(-c2c3nc(c(-c4ccc(Br)cc4)c4nc(c(-c5ccc(Br)cc5)c5ccc([nH]5)c(-c5cc(C(C)(C)C)cc(C(C)(C)C)c5)c5ccc2[nH]5)C=C4)C=C3)cc(C(C)(C)C)c1. The molecule has 2 aliphatic rings. The number of hydrogen-bond acceptors (Lipinski definition) is 2. The molecule has 4 nitrogen and oxygen atoms in total. The van der Waals surface area contributed by atoms with Crippen LogP contribution >= 0.6 is 31.9 Å². The van der Waals surface area contributed by atoms with Gasteiger partial charge >= 0.3 is 0 Å². The van der Waals surface area contributed by atoms with E-state index in [1.54, 1.807) is 0 Å². The van der Waals surface area contributed by atoms with Gasteiger partial charge in [-0.2, -0.15) is 0 Å². The lowest BCUT2D eigenvalue weighted by Crippen LogP contribution is -2.16. The van der Waals surface area contributed by atoms with Crippen LogP contribution in [-0.2, 0) is 21.7 Å². The van der Waals surface area contributed by atoms with E-state index in [4.69, 9.17) is 9.97 Å². The van der Waals surface area contributed by atoms with E-state index >= 15 is 0 Å². The molecule has 0 unspecified atom stereocenters. The highest BCUT2D eigenvalue weighted by Gasteiger charge is 2.26. The molecule has 8 bridgehead atoms. The van der Waals surface area contributed by atoms with Gasteiger partial charge < -0.3 is 9.97 Å². The summed E-state index contributed by atoms with van der Waals surface area (Å²) in [5.41, 5.74) is 20.9. The van der Waals surface area contributed by atoms with E-state index < -0.39 is 0 Å². The van der Waals surface area contributed by atoms with Crippen molar-refractivity contribution in [1.82, 2.24) is 19.9 Å². The maximum Gasteiger partial charge on any atom is 0.0738 e. The summed E-state index contributed by atoms with van der Waals surface area (Å²) in [6, 6.07) is 40.3. The van der Waals surface area contributed by atoms with Crippen LogP contribution in [0, 0.1) is 0 Å². The Hall–Kier alpha value is -5.56. The first-order chi connectivity index (χ1) is 31.0. The number of H-pyrrole nitrogens is 2. The first-order valence-electron chi connectivity index (χ1n) is 23.0. The molecular formula is C60H60Br2N4. The number of halogens is 2. The monoisotopic (exact) mass is 994 g/mol. The second kappa shape index (κ2) is 16.6. The number of hydrogen-bond donors (Lipinski definition) is 2. The van der Waals surface area contributed by atoms with Crippen molar-refractivity contribution >= 4 is 78.2 Å². The molecule has 4 aromatic carbocycles. The smallest absolute Gasteiger partial charge is 0.0738 e. The van der Waals surface area contributed by atoms with E-state index in [1.165, 1.54) is 22.3 Å². The minimum atomic E-state index is -0.0781. The normalized spacial score (nSPS) is 13.2. The molecule has 9 rings (SSSR count). The van der Waals surface area contributed by atoms with E-state index in [0.717, 1.165) is 98.3 Å². The Morgan fingerprint density at radius 3 is 0.924 bits per heavy atom. The quantitative estimate of drug-likeness (QED) is 0.185. The minimum Gasteiger partial charge on any atom is -0.354 e. The maximum absolute atomic E-state index is 5.61. The van der Waals surface area contributed by atoms with Crippen molar-refractivity contribution < 1.29 is 0 Å². The van der Waals surface area contributed by atoms with Crippen molar-refractivity contribution in [3.8, 4) is 44.5 Å². The average Bonchev–Trinajstić information content (AvgIpc) is 4.09. The summed E-state index contributed by atoms with van der Waals surface area (Å²) in [7, 11) is 0. The van der Waals surface area contributed by atoms with Crippen LogP contribution in [0.1, 0.15) is 128 Å². The Kier molecular flexibility index (Phi) is 11.5. The van der Waals surface area contributed by atoms with Gasteiger partial charge in [-0.15, -0.1) is 0 Å². The molecule has 5 heterocycles. The highest BCUT2D eigenvalue weighted by Crippen LogP contribution is 2.42. The Balaban J connectivity index is 1.50. The van der Waals surface area contributed by atoms with Crippen LogP contribution in [0.4, 0.5) is 0 Å². The summed E-state index contributed by atoms with van der Waals surface area (Å²) < 4.78 is 2.04. The fraction of sp³-hybridized carbons (Fsp3) is 0.267. The maximum atomic E-state index is 5.61. The van der Waals surface area contributed by atoms with Crippen molar-refractivity contribution in [2.75, 3.05) is 0 Å². The third-order valence-corrected chi connectivity index (χ3v) is 14.0. The van der Waals surface area contributed by atoms with Crippen molar-refractivity contribution in [2.24, 2.45) is 0 Å². The molecule has 3 aromatic heterocycles.